The Morgan fingerprint density at radius 3 is 2.63 bits per heavy atom. The van der Waals surface area contributed by atoms with Crippen molar-refractivity contribution in [1.82, 2.24) is 9.66 Å². The molecule has 0 unspecified atom stereocenters. The van der Waals surface area contributed by atoms with Crippen LogP contribution in [0.1, 0.15) is 31.2 Å². The van der Waals surface area contributed by atoms with E-state index in [0.717, 1.165) is 22.9 Å². The molecule has 1 aromatic heterocycles. The van der Waals surface area contributed by atoms with Gasteiger partial charge in [-0.3, -0.25) is 4.79 Å². The van der Waals surface area contributed by atoms with E-state index in [1.165, 1.54) is 4.68 Å². The van der Waals surface area contributed by atoms with Crippen LogP contribution >= 0.6 is 47.8 Å². The number of ether oxygens (including phenoxy) is 1. The van der Waals surface area contributed by atoms with Gasteiger partial charge in [0.05, 0.1) is 26.1 Å². The molecule has 0 spiro atoms. The van der Waals surface area contributed by atoms with E-state index in [0.29, 0.717) is 37.8 Å². The van der Waals surface area contributed by atoms with Crippen molar-refractivity contribution in [3.05, 3.63) is 65.5 Å². The molecule has 2 aromatic carbocycles. The number of fused-ring (bicyclic) bond motifs is 1. The molecule has 0 aliphatic heterocycles. The summed E-state index contributed by atoms with van der Waals surface area (Å²) in [5.74, 6) is 1.16. The first-order chi connectivity index (χ1) is 14.4. The zero-order valence-corrected chi connectivity index (χ0v) is 20.8. The summed E-state index contributed by atoms with van der Waals surface area (Å²) in [5.41, 5.74) is 1.20. The lowest BCUT2D eigenvalue weighted by Crippen LogP contribution is -2.22. The molecule has 0 radical (unpaired) electrons. The molecule has 0 fully saturated rings. The molecule has 0 saturated carbocycles. The Bertz CT molecular complexity index is 1190. The van der Waals surface area contributed by atoms with Crippen LogP contribution in [0.3, 0.4) is 0 Å². The number of nitrogens with zero attached hydrogens (tertiary/aromatic N) is 4. The quantitative estimate of drug-likeness (QED) is 0.322. The van der Waals surface area contributed by atoms with Crippen molar-refractivity contribution in [2.24, 2.45) is 5.10 Å². The zero-order chi connectivity index (χ0) is 21.7. The normalized spacial score (nSPS) is 11.2. The number of halogens is 3. The van der Waals surface area contributed by atoms with Gasteiger partial charge in [-0.2, -0.15) is 15.0 Å². The van der Waals surface area contributed by atoms with Crippen LogP contribution in [0.4, 0.5) is 0 Å². The van der Waals surface area contributed by atoms with Gasteiger partial charge in [0.2, 0.25) is 0 Å². The summed E-state index contributed by atoms with van der Waals surface area (Å²) in [7, 11) is 0. The minimum absolute atomic E-state index is 0.0564. The average molecular weight is 597 g/mol. The molecule has 30 heavy (non-hydrogen) atoms. The van der Waals surface area contributed by atoms with Crippen molar-refractivity contribution < 1.29 is 4.74 Å². The van der Waals surface area contributed by atoms with Gasteiger partial charge in [0, 0.05) is 10.9 Å². The van der Waals surface area contributed by atoms with Gasteiger partial charge in [0.15, 0.2) is 6.61 Å². The molecular formula is C21H17Br3N4O2. The van der Waals surface area contributed by atoms with Crippen molar-refractivity contribution in [1.29, 1.82) is 5.26 Å². The second-order valence-corrected chi connectivity index (χ2v) is 9.04. The third-order valence-electron chi connectivity index (χ3n) is 4.25. The SMILES string of the molecule is CCCCc1nc2ccc(Br)cc2c(=O)n1N=Cc1cc(Br)c(OCC#N)c(Br)c1. The molecule has 3 aromatic rings. The number of rotatable bonds is 7. The Kier molecular flexibility index (Phi) is 7.81. The number of hydrogen-bond donors (Lipinski definition) is 0. The van der Waals surface area contributed by atoms with Crippen LogP contribution < -0.4 is 10.3 Å². The van der Waals surface area contributed by atoms with E-state index in [2.05, 4.69) is 64.8 Å². The summed E-state index contributed by atoms with van der Waals surface area (Å²) in [5, 5.41) is 13.7. The van der Waals surface area contributed by atoms with Crippen LogP contribution in [-0.2, 0) is 6.42 Å². The Morgan fingerprint density at radius 1 is 1.23 bits per heavy atom. The number of aryl methyl sites for hydroxylation is 1. The van der Waals surface area contributed by atoms with Crippen LogP contribution in [0.15, 0.2) is 53.6 Å². The topological polar surface area (TPSA) is 80.3 Å². The maximum absolute atomic E-state index is 13.1. The molecule has 0 saturated heterocycles. The van der Waals surface area contributed by atoms with Crippen molar-refractivity contribution >= 4 is 64.9 Å². The van der Waals surface area contributed by atoms with Crippen LogP contribution in [0.2, 0.25) is 0 Å². The van der Waals surface area contributed by atoms with Crippen molar-refractivity contribution in [2.45, 2.75) is 26.2 Å². The maximum Gasteiger partial charge on any atom is 0.282 e. The molecule has 0 atom stereocenters. The predicted octanol–water partition coefficient (Wildman–Crippen LogP) is 5.81. The van der Waals surface area contributed by atoms with Crippen molar-refractivity contribution in [3.8, 4) is 11.8 Å². The van der Waals surface area contributed by atoms with Gasteiger partial charge in [0.25, 0.3) is 5.56 Å². The monoisotopic (exact) mass is 594 g/mol. The Morgan fingerprint density at radius 2 is 1.97 bits per heavy atom. The maximum atomic E-state index is 13.1. The summed E-state index contributed by atoms with van der Waals surface area (Å²) < 4.78 is 8.93. The molecule has 0 aliphatic carbocycles. The molecule has 3 rings (SSSR count). The molecule has 0 bridgehead atoms. The van der Waals surface area contributed by atoms with Crippen LogP contribution in [0.5, 0.6) is 5.75 Å². The molecule has 1 heterocycles. The lowest BCUT2D eigenvalue weighted by Gasteiger charge is -2.10. The van der Waals surface area contributed by atoms with Gasteiger partial charge in [-0.15, -0.1) is 0 Å². The fourth-order valence-corrected chi connectivity index (χ4v) is 4.64. The minimum atomic E-state index is -0.212. The smallest absolute Gasteiger partial charge is 0.282 e. The van der Waals surface area contributed by atoms with E-state index >= 15 is 0 Å². The Labute approximate surface area is 199 Å². The first-order valence-electron chi connectivity index (χ1n) is 9.19. The highest BCUT2D eigenvalue weighted by molar-refractivity contribution is 9.11. The molecule has 0 aliphatic rings. The highest BCUT2D eigenvalue weighted by Gasteiger charge is 2.12. The molecule has 154 valence electrons. The fraction of sp³-hybridized carbons (Fsp3) is 0.238. The Balaban J connectivity index is 2.05. The van der Waals surface area contributed by atoms with Gasteiger partial charge >= 0.3 is 0 Å². The summed E-state index contributed by atoms with van der Waals surface area (Å²) >= 11 is 10.3. The molecule has 6 nitrogen and oxygen atoms in total. The van der Waals surface area contributed by atoms with Gasteiger partial charge < -0.3 is 4.74 Å². The number of nitriles is 1. The molecule has 0 amide bonds. The van der Waals surface area contributed by atoms with Gasteiger partial charge in [-0.05, 0) is 74.2 Å². The first-order valence-corrected chi connectivity index (χ1v) is 11.6. The molecule has 9 heteroatoms. The second kappa shape index (κ2) is 10.3. The van der Waals surface area contributed by atoms with Gasteiger partial charge in [-0.25, -0.2) is 4.98 Å². The standard InChI is InChI=1S/C21H17Br3N4O2/c1-2-3-4-19-27-18-6-5-14(22)11-15(18)21(29)28(19)26-12-13-9-16(23)20(17(24)10-13)30-8-7-25/h5-6,9-12H,2-4,8H2,1H3. The van der Waals surface area contributed by atoms with E-state index in [1.807, 2.05) is 30.3 Å². The van der Waals surface area contributed by atoms with E-state index < -0.39 is 0 Å². The lowest BCUT2D eigenvalue weighted by atomic mass is 10.2. The number of aromatic nitrogens is 2. The van der Waals surface area contributed by atoms with E-state index in [-0.39, 0.29) is 12.2 Å². The summed E-state index contributed by atoms with van der Waals surface area (Å²) in [6, 6.07) is 11.0. The summed E-state index contributed by atoms with van der Waals surface area (Å²) in [6.07, 6.45) is 4.16. The van der Waals surface area contributed by atoms with Crippen molar-refractivity contribution in [3.63, 3.8) is 0 Å². The largest absolute Gasteiger partial charge is 0.476 e. The van der Waals surface area contributed by atoms with Gasteiger partial charge in [0.1, 0.15) is 17.6 Å². The number of hydrogen-bond acceptors (Lipinski definition) is 5. The average Bonchev–Trinajstić information content (AvgIpc) is 2.71. The van der Waals surface area contributed by atoms with Crippen LogP contribution in [0, 0.1) is 11.3 Å². The third kappa shape index (κ3) is 5.17. The molecule has 0 N–H and O–H groups in total. The minimum Gasteiger partial charge on any atom is -0.476 e. The lowest BCUT2D eigenvalue weighted by molar-refractivity contribution is 0.363. The number of unbranched alkanes of at least 4 members (excludes halogenated alkanes) is 1. The predicted molar refractivity (Wildman–Crippen MR) is 128 cm³/mol. The fourth-order valence-electron chi connectivity index (χ4n) is 2.83. The summed E-state index contributed by atoms with van der Waals surface area (Å²) in [6.45, 7) is 2.04. The van der Waals surface area contributed by atoms with E-state index in [4.69, 9.17) is 10.00 Å². The third-order valence-corrected chi connectivity index (χ3v) is 5.92. The van der Waals surface area contributed by atoms with E-state index in [9.17, 15) is 4.79 Å². The molecular weight excluding hydrogens is 580 g/mol. The highest BCUT2D eigenvalue weighted by Crippen LogP contribution is 2.34. The highest BCUT2D eigenvalue weighted by atomic mass is 79.9. The zero-order valence-electron chi connectivity index (χ0n) is 16.0. The van der Waals surface area contributed by atoms with Crippen LogP contribution in [-0.4, -0.2) is 22.5 Å². The second-order valence-electron chi connectivity index (χ2n) is 6.42. The first kappa shape index (κ1) is 22.7. The Hall–Kier alpha value is -2.02. The van der Waals surface area contributed by atoms with Crippen LogP contribution in [0.25, 0.3) is 10.9 Å². The van der Waals surface area contributed by atoms with Crippen molar-refractivity contribution in [2.75, 3.05) is 6.61 Å². The number of benzene rings is 2. The van der Waals surface area contributed by atoms with E-state index in [1.54, 1.807) is 12.3 Å². The van der Waals surface area contributed by atoms with Gasteiger partial charge in [-0.1, -0.05) is 29.3 Å². The summed E-state index contributed by atoms with van der Waals surface area (Å²) in [4.78, 5) is 17.8.